The molecule has 0 aromatic rings. The van der Waals surface area contributed by atoms with Gasteiger partial charge < -0.3 is 23.7 Å². The van der Waals surface area contributed by atoms with E-state index in [1.807, 2.05) is 27.7 Å². The van der Waals surface area contributed by atoms with Crippen molar-refractivity contribution in [2.75, 3.05) is 26.9 Å². The molecule has 0 N–H and O–H groups in total. The van der Waals surface area contributed by atoms with Crippen molar-refractivity contribution >= 4 is 0 Å². The molecule has 0 aromatic heterocycles. The van der Waals surface area contributed by atoms with Gasteiger partial charge in [-0.05, 0) is 115 Å². The van der Waals surface area contributed by atoms with Crippen molar-refractivity contribution in [2.24, 2.45) is 34.5 Å². The molecule has 6 nitrogen and oxygen atoms in total. The van der Waals surface area contributed by atoms with E-state index in [1.165, 1.54) is 25.7 Å². The predicted molar refractivity (Wildman–Crippen MR) is 139 cm³/mol. The van der Waals surface area contributed by atoms with Crippen molar-refractivity contribution in [3.63, 3.8) is 0 Å². The topological polar surface area (TPSA) is 69.9 Å². The van der Waals surface area contributed by atoms with E-state index in [1.54, 1.807) is 7.11 Å². The molecule has 0 spiro atoms. The van der Waals surface area contributed by atoms with E-state index in [9.17, 15) is 5.26 Å². The smallest absolute Gasteiger partial charge is 0.162 e. The molecular formula is C30H51NO5. The van der Waals surface area contributed by atoms with Crippen LogP contribution in [0.15, 0.2) is 0 Å². The fourth-order valence-corrected chi connectivity index (χ4v) is 9.42. The summed E-state index contributed by atoms with van der Waals surface area (Å²) in [7, 11) is 1.79. The van der Waals surface area contributed by atoms with Gasteiger partial charge in [0.2, 0.25) is 0 Å². The largest absolute Gasteiger partial charge is 0.382 e. The van der Waals surface area contributed by atoms with Crippen LogP contribution >= 0.6 is 0 Å². The molecule has 4 fully saturated rings. The number of hydrogen-bond donors (Lipinski definition) is 0. The number of methoxy groups -OCH3 is 1. The Morgan fingerprint density at radius 3 is 2.17 bits per heavy atom. The summed E-state index contributed by atoms with van der Waals surface area (Å²) in [5.74, 6) is 2.56. The van der Waals surface area contributed by atoms with E-state index in [2.05, 4.69) is 19.9 Å². The lowest BCUT2D eigenvalue weighted by Gasteiger charge is -2.63. The molecule has 4 saturated carbocycles. The summed E-state index contributed by atoms with van der Waals surface area (Å²) in [4.78, 5) is 0. The van der Waals surface area contributed by atoms with Crippen LogP contribution in [0.1, 0.15) is 99.3 Å². The Balaban J connectivity index is 1.53. The van der Waals surface area contributed by atoms with Crippen LogP contribution in [0.4, 0.5) is 0 Å². The highest BCUT2D eigenvalue weighted by Gasteiger charge is 2.67. The second kappa shape index (κ2) is 10.8. The first-order valence-corrected chi connectivity index (χ1v) is 14.6. The number of rotatable bonds is 10. The molecule has 0 heterocycles. The van der Waals surface area contributed by atoms with Crippen LogP contribution in [-0.4, -0.2) is 50.7 Å². The molecular weight excluding hydrogens is 454 g/mol. The van der Waals surface area contributed by atoms with Gasteiger partial charge in [-0.1, -0.05) is 13.8 Å². The molecule has 0 aromatic carbocycles. The second-order valence-electron chi connectivity index (χ2n) is 12.7. The third-order valence-electron chi connectivity index (χ3n) is 11.1. The van der Waals surface area contributed by atoms with Crippen molar-refractivity contribution in [3.8, 4) is 6.07 Å². The fourth-order valence-electron chi connectivity index (χ4n) is 9.42. The minimum atomic E-state index is -0.738. The van der Waals surface area contributed by atoms with Gasteiger partial charge in [-0.3, -0.25) is 0 Å². The Kier molecular flexibility index (Phi) is 8.50. The zero-order valence-corrected chi connectivity index (χ0v) is 23.9. The van der Waals surface area contributed by atoms with Crippen LogP contribution in [0.3, 0.4) is 0 Å². The standard InChI is InChI=1S/C30H51NO5/c1-8-33-21(3)35-29(20-32-7)17-16-27(5)23(18-29)10-11-24-25(27)12-14-28(6)26(24)13-15-30(28,19-31)36-22(4)34-9-2/h21-26H,8-18,20H2,1-7H3/t21?,22?,23-,24-,25?,26?,27+,28+,29-,30?/m1/s1. The fraction of sp³-hybridized carbons (Fsp3) is 0.967. The molecule has 0 aliphatic heterocycles. The quantitative estimate of drug-likeness (QED) is 0.317. The number of nitrogens with zero attached hydrogens (tertiary/aromatic N) is 1. The van der Waals surface area contributed by atoms with Gasteiger partial charge in [-0.2, -0.15) is 5.26 Å². The molecule has 0 saturated heterocycles. The lowest BCUT2D eigenvalue weighted by Crippen LogP contribution is -2.59. The molecule has 5 unspecified atom stereocenters. The number of ether oxygens (including phenoxy) is 5. The Morgan fingerprint density at radius 1 is 0.861 bits per heavy atom. The molecule has 0 bridgehead atoms. The van der Waals surface area contributed by atoms with Crippen LogP contribution in [0.5, 0.6) is 0 Å². The summed E-state index contributed by atoms with van der Waals surface area (Å²) in [6.45, 7) is 14.8. The molecule has 0 amide bonds. The number of fused-ring (bicyclic) bond motifs is 5. The molecule has 10 atom stereocenters. The van der Waals surface area contributed by atoms with Crippen LogP contribution in [0.25, 0.3) is 0 Å². The van der Waals surface area contributed by atoms with Crippen LogP contribution in [0, 0.1) is 45.8 Å². The molecule has 0 radical (unpaired) electrons. The van der Waals surface area contributed by atoms with E-state index >= 15 is 0 Å². The van der Waals surface area contributed by atoms with E-state index in [0.717, 1.165) is 32.1 Å². The molecule has 4 aliphatic rings. The van der Waals surface area contributed by atoms with Gasteiger partial charge in [0, 0.05) is 25.7 Å². The van der Waals surface area contributed by atoms with Crippen LogP contribution in [-0.2, 0) is 23.7 Å². The average Bonchev–Trinajstić information content (AvgIpc) is 3.12. The highest BCUT2D eigenvalue weighted by atomic mass is 16.7. The van der Waals surface area contributed by atoms with Gasteiger partial charge >= 0.3 is 0 Å². The Hall–Kier alpha value is -0.710. The van der Waals surface area contributed by atoms with Gasteiger partial charge in [0.15, 0.2) is 18.2 Å². The molecule has 36 heavy (non-hydrogen) atoms. The second-order valence-corrected chi connectivity index (χ2v) is 12.7. The van der Waals surface area contributed by atoms with Crippen molar-refractivity contribution < 1.29 is 23.7 Å². The third-order valence-corrected chi connectivity index (χ3v) is 11.1. The number of hydrogen-bond acceptors (Lipinski definition) is 6. The SMILES string of the molecule is CCOC(C)OC1(C#N)CCC2[C@@H]3CC[C@@H]4C[C@](COC)(OC(C)OCC)CC[C@]4(C)C3CC[C@@]21C. The Morgan fingerprint density at radius 2 is 1.53 bits per heavy atom. The summed E-state index contributed by atoms with van der Waals surface area (Å²) in [5, 5.41) is 10.4. The zero-order chi connectivity index (χ0) is 26.2. The van der Waals surface area contributed by atoms with Gasteiger partial charge in [-0.25, -0.2) is 0 Å². The minimum absolute atomic E-state index is 0.109. The Bertz CT molecular complexity index is 801. The van der Waals surface area contributed by atoms with E-state index < -0.39 is 5.60 Å². The molecule has 4 rings (SSSR count). The average molecular weight is 506 g/mol. The van der Waals surface area contributed by atoms with Crippen molar-refractivity contribution in [3.05, 3.63) is 0 Å². The van der Waals surface area contributed by atoms with Gasteiger partial charge in [0.25, 0.3) is 0 Å². The predicted octanol–water partition coefficient (Wildman–Crippen LogP) is 6.47. The maximum atomic E-state index is 10.4. The summed E-state index contributed by atoms with van der Waals surface area (Å²) in [5.41, 5.74) is -0.784. The van der Waals surface area contributed by atoms with Crippen LogP contribution < -0.4 is 0 Å². The van der Waals surface area contributed by atoms with Crippen molar-refractivity contribution in [1.29, 1.82) is 5.26 Å². The first-order valence-electron chi connectivity index (χ1n) is 14.6. The normalized spacial score (nSPS) is 45.7. The minimum Gasteiger partial charge on any atom is -0.382 e. The Labute approximate surface area is 219 Å². The van der Waals surface area contributed by atoms with E-state index in [4.69, 9.17) is 23.7 Å². The highest BCUT2D eigenvalue weighted by molar-refractivity contribution is 5.22. The summed E-state index contributed by atoms with van der Waals surface area (Å²) in [6.07, 6.45) is 9.34. The van der Waals surface area contributed by atoms with Gasteiger partial charge in [0.05, 0.1) is 18.3 Å². The molecule has 6 heteroatoms. The lowest BCUT2D eigenvalue weighted by atomic mass is 9.43. The van der Waals surface area contributed by atoms with Crippen molar-refractivity contribution in [2.45, 2.75) is 123 Å². The van der Waals surface area contributed by atoms with Gasteiger partial charge in [-0.15, -0.1) is 0 Å². The maximum Gasteiger partial charge on any atom is 0.162 e. The van der Waals surface area contributed by atoms with Crippen molar-refractivity contribution in [1.82, 2.24) is 0 Å². The van der Waals surface area contributed by atoms with E-state index in [-0.39, 0.29) is 23.6 Å². The summed E-state index contributed by atoms with van der Waals surface area (Å²) < 4.78 is 30.2. The third kappa shape index (κ3) is 4.66. The monoisotopic (exact) mass is 505 g/mol. The first kappa shape index (κ1) is 28.3. The first-order chi connectivity index (χ1) is 17.1. The highest BCUT2D eigenvalue weighted by Crippen LogP contribution is 2.69. The summed E-state index contributed by atoms with van der Waals surface area (Å²) in [6, 6.07) is 2.68. The van der Waals surface area contributed by atoms with Crippen LogP contribution in [0.2, 0.25) is 0 Å². The van der Waals surface area contributed by atoms with E-state index in [0.29, 0.717) is 48.9 Å². The molecule has 206 valence electrons. The lowest BCUT2D eigenvalue weighted by molar-refractivity contribution is -0.252. The molecule has 4 aliphatic carbocycles. The summed E-state index contributed by atoms with van der Waals surface area (Å²) >= 11 is 0. The zero-order valence-electron chi connectivity index (χ0n) is 23.9. The van der Waals surface area contributed by atoms with Gasteiger partial charge in [0.1, 0.15) is 0 Å². The number of nitriles is 1. The maximum absolute atomic E-state index is 10.4.